The van der Waals surface area contributed by atoms with E-state index in [1.165, 1.54) is 11.8 Å². The van der Waals surface area contributed by atoms with Crippen molar-refractivity contribution in [2.45, 2.75) is 19.0 Å². The third-order valence-corrected chi connectivity index (χ3v) is 4.44. The first-order valence-electron chi connectivity index (χ1n) is 7.44. The van der Waals surface area contributed by atoms with Crippen molar-refractivity contribution in [2.75, 3.05) is 11.1 Å². The Hall–Kier alpha value is -2.61. The Morgan fingerprint density at radius 1 is 1.29 bits per heavy atom. The second-order valence-corrected chi connectivity index (χ2v) is 6.34. The van der Waals surface area contributed by atoms with Gasteiger partial charge in [0.1, 0.15) is 12.1 Å². The van der Waals surface area contributed by atoms with E-state index in [4.69, 9.17) is 0 Å². The summed E-state index contributed by atoms with van der Waals surface area (Å²) < 4.78 is 3.54. The van der Waals surface area contributed by atoms with Crippen molar-refractivity contribution in [1.82, 2.24) is 24.5 Å². The molecule has 0 aliphatic heterocycles. The van der Waals surface area contributed by atoms with Gasteiger partial charge >= 0.3 is 0 Å². The Labute approximate surface area is 144 Å². The van der Waals surface area contributed by atoms with Crippen molar-refractivity contribution in [3.63, 3.8) is 0 Å². The smallest absolute Gasteiger partial charge is 0.235 e. The maximum Gasteiger partial charge on any atom is 0.235 e. The second-order valence-electron chi connectivity index (χ2n) is 5.40. The molecule has 124 valence electrons. The van der Waals surface area contributed by atoms with E-state index in [9.17, 15) is 4.79 Å². The van der Waals surface area contributed by atoms with Crippen LogP contribution in [-0.4, -0.2) is 36.2 Å². The van der Waals surface area contributed by atoms with Gasteiger partial charge in [-0.25, -0.2) is 0 Å². The van der Waals surface area contributed by atoms with Gasteiger partial charge < -0.3 is 5.32 Å². The fourth-order valence-corrected chi connectivity index (χ4v) is 3.08. The number of thioether (sulfide) groups is 1. The Kier molecular flexibility index (Phi) is 4.66. The SMILES string of the molecule is Cc1cc(NC(=O)CSc2nncn2-c2ccccc2C)n(C)n1. The summed E-state index contributed by atoms with van der Waals surface area (Å²) in [5.41, 5.74) is 2.99. The molecular weight excluding hydrogens is 324 g/mol. The Morgan fingerprint density at radius 2 is 2.08 bits per heavy atom. The molecule has 7 nitrogen and oxygen atoms in total. The van der Waals surface area contributed by atoms with Gasteiger partial charge in [-0.05, 0) is 25.5 Å². The monoisotopic (exact) mass is 342 g/mol. The molecule has 3 aromatic rings. The number of rotatable bonds is 5. The molecule has 0 spiro atoms. The van der Waals surface area contributed by atoms with E-state index in [0.29, 0.717) is 11.0 Å². The van der Waals surface area contributed by atoms with Crippen molar-refractivity contribution in [2.24, 2.45) is 7.05 Å². The van der Waals surface area contributed by atoms with Crippen LogP contribution in [-0.2, 0) is 11.8 Å². The number of nitrogens with zero attached hydrogens (tertiary/aromatic N) is 5. The normalized spacial score (nSPS) is 10.8. The Bertz CT molecular complexity index is 869. The van der Waals surface area contributed by atoms with Crippen LogP contribution < -0.4 is 5.32 Å². The lowest BCUT2D eigenvalue weighted by Crippen LogP contribution is -2.16. The molecule has 0 aliphatic carbocycles. The van der Waals surface area contributed by atoms with E-state index in [1.54, 1.807) is 18.1 Å². The number of carbonyl (C=O) groups excluding carboxylic acids is 1. The number of aryl methyl sites for hydroxylation is 3. The van der Waals surface area contributed by atoms with Crippen LogP contribution >= 0.6 is 11.8 Å². The van der Waals surface area contributed by atoms with Gasteiger partial charge in [-0.2, -0.15) is 5.10 Å². The molecule has 8 heteroatoms. The highest BCUT2D eigenvalue weighted by molar-refractivity contribution is 7.99. The molecule has 0 saturated carbocycles. The number of hydrogen-bond donors (Lipinski definition) is 1. The predicted octanol–water partition coefficient (Wildman–Crippen LogP) is 2.35. The minimum atomic E-state index is -0.109. The summed E-state index contributed by atoms with van der Waals surface area (Å²) in [5.74, 6) is 0.815. The molecule has 1 aromatic carbocycles. The molecule has 1 amide bonds. The van der Waals surface area contributed by atoms with Crippen LogP contribution in [0.5, 0.6) is 0 Å². The summed E-state index contributed by atoms with van der Waals surface area (Å²) in [7, 11) is 1.80. The van der Waals surface area contributed by atoms with Crippen LogP contribution in [0.4, 0.5) is 5.82 Å². The molecule has 0 unspecified atom stereocenters. The van der Waals surface area contributed by atoms with Gasteiger partial charge in [0.15, 0.2) is 5.16 Å². The average Bonchev–Trinajstić information content (AvgIpc) is 3.12. The number of carbonyl (C=O) groups is 1. The lowest BCUT2D eigenvalue weighted by atomic mass is 10.2. The van der Waals surface area contributed by atoms with Gasteiger partial charge in [-0.15, -0.1) is 10.2 Å². The van der Waals surface area contributed by atoms with Crippen molar-refractivity contribution in [3.8, 4) is 5.69 Å². The van der Waals surface area contributed by atoms with Crippen molar-refractivity contribution < 1.29 is 4.79 Å². The molecule has 0 saturated heterocycles. The van der Waals surface area contributed by atoms with Gasteiger partial charge in [-0.1, -0.05) is 30.0 Å². The summed E-state index contributed by atoms with van der Waals surface area (Å²) in [4.78, 5) is 12.2. The minimum absolute atomic E-state index is 0.109. The van der Waals surface area contributed by atoms with Gasteiger partial charge in [0.05, 0.1) is 17.1 Å². The van der Waals surface area contributed by atoms with Crippen LogP contribution in [0.3, 0.4) is 0 Å². The quantitative estimate of drug-likeness (QED) is 0.720. The van der Waals surface area contributed by atoms with Crippen LogP contribution in [0.25, 0.3) is 5.69 Å². The van der Waals surface area contributed by atoms with E-state index < -0.39 is 0 Å². The first-order chi connectivity index (χ1) is 11.5. The molecule has 0 bridgehead atoms. The Balaban J connectivity index is 1.68. The van der Waals surface area contributed by atoms with Crippen molar-refractivity contribution in [3.05, 3.63) is 47.9 Å². The molecule has 3 rings (SSSR count). The molecular formula is C16H18N6OS. The van der Waals surface area contributed by atoms with Gasteiger partial charge in [0.2, 0.25) is 5.91 Å². The summed E-state index contributed by atoms with van der Waals surface area (Å²) in [5, 5.41) is 15.8. The molecule has 0 atom stereocenters. The summed E-state index contributed by atoms with van der Waals surface area (Å²) in [6.07, 6.45) is 1.66. The fraction of sp³-hybridized carbons (Fsp3) is 0.250. The number of nitrogens with one attached hydrogen (secondary N) is 1. The van der Waals surface area contributed by atoms with Crippen LogP contribution in [0, 0.1) is 13.8 Å². The highest BCUT2D eigenvalue weighted by Crippen LogP contribution is 2.22. The van der Waals surface area contributed by atoms with E-state index in [1.807, 2.05) is 48.7 Å². The first-order valence-corrected chi connectivity index (χ1v) is 8.42. The van der Waals surface area contributed by atoms with Crippen molar-refractivity contribution in [1.29, 1.82) is 0 Å². The summed E-state index contributed by atoms with van der Waals surface area (Å²) in [6.45, 7) is 3.91. The molecule has 0 radical (unpaired) electrons. The maximum atomic E-state index is 12.2. The molecule has 24 heavy (non-hydrogen) atoms. The van der Waals surface area contributed by atoms with Gasteiger partial charge in [0.25, 0.3) is 0 Å². The first kappa shape index (κ1) is 16.3. The van der Waals surface area contributed by atoms with E-state index in [2.05, 4.69) is 20.6 Å². The predicted molar refractivity (Wildman–Crippen MR) is 93.4 cm³/mol. The zero-order valence-corrected chi connectivity index (χ0v) is 14.5. The van der Waals surface area contributed by atoms with Crippen molar-refractivity contribution >= 4 is 23.5 Å². The third-order valence-electron chi connectivity index (χ3n) is 3.49. The maximum absolute atomic E-state index is 12.2. The zero-order chi connectivity index (χ0) is 17.1. The zero-order valence-electron chi connectivity index (χ0n) is 13.7. The van der Waals surface area contributed by atoms with Gasteiger partial charge in [0, 0.05) is 13.1 Å². The van der Waals surface area contributed by atoms with Crippen LogP contribution in [0.1, 0.15) is 11.3 Å². The van der Waals surface area contributed by atoms with Crippen LogP contribution in [0.15, 0.2) is 41.8 Å². The third kappa shape index (κ3) is 3.48. The number of aromatic nitrogens is 5. The van der Waals surface area contributed by atoms with E-state index in [0.717, 1.165) is 16.9 Å². The number of anilines is 1. The lowest BCUT2D eigenvalue weighted by Gasteiger charge is -2.09. The van der Waals surface area contributed by atoms with Gasteiger partial charge in [-0.3, -0.25) is 14.0 Å². The molecule has 2 aromatic heterocycles. The largest absolute Gasteiger partial charge is 0.310 e. The Morgan fingerprint density at radius 3 is 2.79 bits per heavy atom. The van der Waals surface area contributed by atoms with E-state index >= 15 is 0 Å². The fourth-order valence-electron chi connectivity index (χ4n) is 2.36. The summed E-state index contributed by atoms with van der Waals surface area (Å²) in [6, 6.07) is 9.81. The molecule has 0 aliphatic rings. The number of hydrogen-bond acceptors (Lipinski definition) is 5. The minimum Gasteiger partial charge on any atom is -0.310 e. The highest BCUT2D eigenvalue weighted by atomic mass is 32.2. The molecule has 0 fully saturated rings. The van der Waals surface area contributed by atoms with Crippen LogP contribution in [0.2, 0.25) is 0 Å². The number of amides is 1. The average molecular weight is 342 g/mol. The van der Waals surface area contributed by atoms with E-state index in [-0.39, 0.29) is 11.7 Å². The topological polar surface area (TPSA) is 77.6 Å². The molecule has 1 N–H and O–H groups in total. The molecule has 2 heterocycles. The standard InChI is InChI=1S/C16H18N6OS/c1-11-6-4-5-7-13(11)22-10-17-19-16(22)24-9-15(23)18-14-8-12(2)20-21(14)3/h4-8,10H,9H2,1-3H3,(H,18,23). The second kappa shape index (κ2) is 6.88. The number of para-hydroxylation sites is 1. The highest BCUT2D eigenvalue weighted by Gasteiger charge is 2.12. The number of benzene rings is 1. The summed E-state index contributed by atoms with van der Waals surface area (Å²) >= 11 is 1.34. The lowest BCUT2D eigenvalue weighted by molar-refractivity contribution is -0.113.